The lowest BCUT2D eigenvalue weighted by Gasteiger charge is -2.26. The quantitative estimate of drug-likeness (QED) is 0.832. The van der Waals surface area contributed by atoms with E-state index < -0.39 is 10.0 Å². The van der Waals surface area contributed by atoms with Crippen LogP contribution in [0.25, 0.3) is 0 Å². The second kappa shape index (κ2) is 5.02. The van der Waals surface area contributed by atoms with Crippen LogP contribution in [0.2, 0.25) is 0 Å². The fraction of sp³-hybridized carbons (Fsp3) is 0.538. The third kappa shape index (κ3) is 2.55. The van der Waals surface area contributed by atoms with Gasteiger partial charge in [0.25, 0.3) is 0 Å². The second-order valence-electron chi connectivity index (χ2n) is 4.99. The smallest absolute Gasteiger partial charge is 0.244 e. The Balaban J connectivity index is 2.49. The summed E-state index contributed by atoms with van der Waals surface area (Å²) in [6.45, 7) is 2.89. The number of hydrogen-bond donors (Lipinski definition) is 1. The van der Waals surface area contributed by atoms with Crippen molar-refractivity contribution in [2.45, 2.75) is 30.7 Å². The summed E-state index contributed by atoms with van der Waals surface area (Å²) in [4.78, 5) is 2.37. The Bertz CT molecular complexity index is 565. The highest BCUT2D eigenvalue weighted by molar-refractivity contribution is 7.89. The molecule has 1 saturated carbocycles. The van der Waals surface area contributed by atoms with Crippen molar-refractivity contribution in [1.29, 1.82) is 0 Å². The summed E-state index contributed by atoms with van der Waals surface area (Å²) in [5, 5.41) is 0. The number of para-hydroxylation sites is 1. The first kappa shape index (κ1) is 14.1. The van der Waals surface area contributed by atoms with Crippen LogP contribution in [0.4, 0.5) is 11.4 Å². The number of nitrogens with two attached hydrogens (primary N) is 1. The van der Waals surface area contributed by atoms with Gasteiger partial charge in [-0.2, -0.15) is 0 Å². The topological polar surface area (TPSA) is 66.6 Å². The van der Waals surface area contributed by atoms with Crippen LogP contribution in [0.15, 0.2) is 23.1 Å². The van der Waals surface area contributed by atoms with Crippen LogP contribution in [0, 0.1) is 0 Å². The van der Waals surface area contributed by atoms with Crippen LogP contribution in [0.5, 0.6) is 0 Å². The van der Waals surface area contributed by atoms with E-state index in [1.165, 1.54) is 18.4 Å². The van der Waals surface area contributed by atoms with E-state index >= 15 is 0 Å². The molecule has 1 aromatic rings. The van der Waals surface area contributed by atoms with Gasteiger partial charge in [0.2, 0.25) is 10.0 Å². The van der Waals surface area contributed by atoms with Gasteiger partial charge in [-0.25, -0.2) is 12.7 Å². The van der Waals surface area contributed by atoms with Gasteiger partial charge in [0.05, 0.1) is 11.4 Å². The summed E-state index contributed by atoms with van der Waals surface area (Å²) in [5.41, 5.74) is 7.28. The van der Waals surface area contributed by atoms with Crippen LogP contribution in [0.1, 0.15) is 19.8 Å². The number of benzene rings is 1. The summed E-state index contributed by atoms with van der Waals surface area (Å²) in [7, 11) is -0.468. The molecule has 0 atom stereocenters. The monoisotopic (exact) mass is 283 g/mol. The van der Waals surface area contributed by atoms with Crippen molar-refractivity contribution in [3.8, 4) is 0 Å². The van der Waals surface area contributed by atoms with Gasteiger partial charge in [0.15, 0.2) is 0 Å². The molecule has 6 heteroatoms. The summed E-state index contributed by atoms with van der Waals surface area (Å²) in [6.07, 6.45) is 2.30. The molecular formula is C13H21N3O2S. The zero-order chi connectivity index (χ0) is 14.2. The van der Waals surface area contributed by atoms with E-state index in [0.29, 0.717) is 11.7 Å². The van der Waals surface area contributed by atoms with Crippen molar-refractivity contribution < 1.29 is 8.42 Å². The van der Waals surface area contributed by atoms with Crippen molar-refractivity contribution >= 4 is 21.4 Å². The second-order valence-corrected chi connectivity index (χ2v) is 7.11. The Labute approximate surface area is 115 Å². The van der Waals surface area contributed by atoms with Crippen molar-refractivity contribution in [3.05, 3.63) is 18.2 Å². The average Bonchev–Trinajstić information content (AvgIpc) is 3.16. The Morgan fingerprint density at radius 3 is 2.42 bits per heavy atom. The molecule has 1 aromatic carbocycles. The molecule has 0 saturated heterocycles. The van der Waals surface area contributed by atoms with Gasteiger partial charge in [-0.1, -0.05) is 6.07 Å². The van der Waals surface area contributed by atoms with Gasteiger partial charge < -0.3 is 10.6 Å². The van der Waals surface area contributed by atoms with Crippen molar-refractivity contribution in [3.63, 3.8) is 0 Å². The fourth-order valence-corrected chi connectivity index (χ4v) is 3.24. The molecule has 0 radical (unpaired) electrons. The highest BCUT2D eigenvalue weighted by atomic mass is 32.2. The van der Waals surface area contributed by atoms with Crippen LogP contribution < -0.4 is 10.6 Å². The molecule has 0 aromatic heterocycles. The average molecular weight is 283 g/mol. The Kier molecular flexibility index (Phi) is 3.73. The summed E-state index contributed by atoms with van der Waals surface area (Å²) < 4.78 is 25.6. The lowest BCUT2D eigenvalue weighted by atomic mass is 10.2. The maximum absolute atomic E-state index is 12.2. The number of hydrogen-bond acceptors (Lipinski definition) is 4. The van der Waals surface area contributed by atoms with E-state index in [1.54, 1.807) is 12.1 Å². The van der Waals surface area contributed by atoms with Crippen LogP contribution >= 0.6 is 0 Å². The molecular weight excluding hydrogens is 262 g/mol. The molecule has 0 unspecified atom stereocenters. The lowest BCUT2D eigenvalue weighted by Crippen LogP contribution is -2.28. The van der Waals surface area contributed by atoms with Crippen LogP contribution in [0.3, 0.4) is 0 Å². The van der Waals surface area contributed by atoms with E-state index in [1.807, 2.05) is 6.07 Å². The van der Waals surface area contributed by atoms with E-state index in [9.17, 15) is 8.42 Å². The van der Waals surface area contributed by atoms with Gasteiger partial charge in [-0.3, -0.25) is 0 Å². The van der Waals surface area contributed by atoms with Crippen molar-refractivity contribution in [1.82, 2.24) is 4.31 Å². The predicted octanol–water partition coefficient (Wildman–Crippen LogP) is 1.51. The highest BCUT2D eigenvalue weighted by Crippen LogP contribution is 2.37. The molecule has 1 fully saturated rings. The molecule has 19 heavy (non-hydrogen) atoms. The summed E-state index contributed by atoms with van der Waals surface area (Å²) in [6, 6.07) is 5.72. The van der Waals surface area contributed by atoms with Crippen molar-refractivity contribution in [2.24, 2.45) is 0 Å². The number of nitrogens with zero attached hydrogens (tertiary/aromatic N) is 2. The van der Waals surface area contributed by atoms with Gasteiger partial charge in [-0.05, 0) is 31.9 Å². The number of nitrogen functional groups attached to an aromatic ring is 1. The Morgan fingerprint density at radius 2 is 1.95 bits per heavy atom. The van der Waals surface area contributed by atoms with Gasteiger partial charge in [0, 0.05) is 26.7 Å². The minimum absolute atomic E-state index is 0.189. The van der Waals surface area contributed by atoms with E-state index in [-0.39, 0.29) is 4.90 Å². The summed E-state index contributed by atoms with van der Waals surface area (Å²) >= 11 is 0. The summed E-state index contributed by atoms with van der Waals surface area (Å²) in [5.74, 6) is 0. The van der Waals surface area contributed by atoms with Gasteiger partial charge in [0.1, 0.15) is 4.90 Å². The van der Waals surface area contributed by atoms with E-state index in [0.717, 1.165) is 25.1 Å². The molecule has 1 aliphatic carbocycles. The molecule has 0 amide bonds. The van der Waals surface area contributed by atoms with E-state index in [4.69, 9.17) is 5.73 Å². The molecule has 2 rings (SSSR count). The largest absolute Gasteiger partial charge is 0.396 e. The minimum atomic E-state index is -3.50. The minimum Gasteiger partial charge on any atom is -0.396 e. The molecule has 106 valence electrons. The molecule has 5 nitrogen and oxygen atoms in total. The highest BCUT2D eigenvalue weighted by Gasteiger charge is 2.31. The van der Waals surface area contributed by atoms with E-state index in [2.05, 4.69) is 11.8 Å². The van der Waals surface area contributed by atoms with Crippen LogP contribution in [-0.4, -0.2) is 39.4 Å². The number of rotatable bonds is 5. The fourth-order valence-electron chi connectivity index (χ4n) is 2.22. The molecule has 0 aliphatic heterocycles. The normalized spacial score (nSPS) is 15.8. The lowest BCUT2D eigenvalue weighted by molar-refractivity contribution is 0.521. The molecule has 1 aliphatic rings. The first-order valence-corrected chi connectivity index (χ1v) is 7.91. The van der Waals surface area contributed by atoms with Crippen molar-refractivity contribution in [2.75, 3.05) is 31.3 Å². The number of anilines is 2. The Hall–Kier alpha value is -1.27. The first-order chi connectivity index (χ1) is 8.89. The third-order valence-electron chi connectivity index (χ3n) is 3.44. The molecule has 2 N–H and O–H groups in total. The predicted molar refractivity (Wildman–Crippen MR) is 77.8 cm³/mol. The first-order valence-electron chi connectivity index (χ1n) is 6.47. The van der Waals surface area contributed by atoms with Crippen LogP contribution in [-0.2, 0) is 10.0 Å². The van der Waals surface area contributed by atoms with Gasteiger partial charge >= 0.3 is 0 Å². The SMILES string of the molecule is CCN(c1cccc(S(=O)(=O)N(C)C)c1N)C1CC1. The molecule has 0 heterocycles. The zero-order valence-electron chi connectivity index (χ0n) is 11.6. The number of sulfonamides is 1. The zero-order valence-corrected chi connectivity index (χ0v) is 12.4. The maximum Gasteiger partial charge on any atom is 0.244 e. The van der Waals surface area contributed by atoms with Gasteiger partial charge in [-0.15, -0.1) is 0 Å². The maximum atomic E-state index is 12.2. The molecule has 0 spiro atoms. The third-order valence-corrected chi connectivity index (χ3v) is 5.31. The molecule has 0 bridgehead atoms. The standard InChI is InChI=1S/C13H21N3O2S/c1-4-16(10-8-9-10)11-6-5-7-12(13(11)14)19(17,18)15(2)3/h5-7,10H,4,8-9,14H2,1-3H3. The Morgan fingerprint density at radius 1 is 1.32 bits per heavy atom.